The zero-order chi connectivity index (χ0) is 13.9. The van der Waals surface area contributed by atoms with Crippen LogP contribution in [-0.4, -0.2) is 11.9 Å². The van der Waals surface area contributed by atoms with E-state index >= 15 is 0 Å². The Hall–Kier alpha value is -1.38. The van der Waals surface area contributed by atoms with Gasteiger partial charge in [-0.05, 0) is 23.6 Å². The van der Waals surface area contributed by atoms with Crippen LogP contribution in [0.25, 0.3) is 0 Å². The molecule has 0 heterocycles. The van der Waals surface area contributed by atoms with Gasteiger partial charge < -0.3 is 11.1 Å². The van der Waals surface area contributed by atoms with Crippen LogP contribution in [0.2, 0.25) is 0 Å². The largest absolute Gasteiger partial charge is 0.323 e. The molecule has 1 amide bonds. The Morgan fingerprint density at radius 3 is 2.61 bits per heavy atom. The van der Waals surface area contributed by atoms with Crippen molar-refractivity contribution in [2.75, 3.05) is 5.32 Å². The van der Waals surface area contributed by atoms with E-state index in [0.29, 0.717) is 11.3 Å². The van der Waals surface area contributed by atoms with Crippen molar-refractivity contribution in [3.63, 3.8) is 0 Å². The van der Waals surface area contributed by atoms with Crippen LogP contribution in [0.3, 0.4) is 0 Å². The van der Waals surface area contributed by atoms with Crippen molar-refractivity contribution >= 4 is 27.5 Å². The quantitative estimate of drug-likeness (QED) is 0.881. The molecule has 96 valence electrons. The minimum atomic E-state index is -0.636. The molecule has 0 aliphatic carbocycles. The number of anilines is 1. The smallest absolute Gasteiger partial charge is 0.241 e. The second kappa shape index (κ2) is 5.51. The second-order valence-electron chi connectivity index (χ2n) is 5.13. The molecule has 0 spiro atoms. The third-order valence-electron chi connectivity index (χ3n) is 2.58. The van der Waals surface area contributed by atoms with Crippen LogP contribution in [0.5, 0.6) is 0 Å². The highest BCUT2D eigenvalue weighted by molar-refractivity contribution is 9.10. The van der Waals surface area contributed by atoms with Gasteiger partial charge in [-0.2, -0.15) is 5.26 Å². The van der Waals surface area contributed by atoms with Gasteiger partial charge in [-0.25, -0.2) is 0 Å². The Balaban J connectivity index is 2.96. The molecule has 0 saturated heterocycles. The van der Waals surface area contributed by atoms with Gasteiger partial charge >= 0.3 is 0 Å². The van der Waals surface area contributed by atoms with Gasteiger partial charge in [-0.3, -0.25) is 4.79 Å². The fraction of sp³-hybridized carbons (Fsp3) is 0.385. The molecule has 18 heavy (non-hydrogen) atoms. The standard InChI is InChI=1S/C13H16BrN3O/c1-13(2,3)11(16)12(18)17-10-6-9(14)5-4-8(10)7-15/h4-6,11H,16H2,1-3H3,(H,17,18)/t11-/m0/s1. The predicted molar refractivity (Wildman–Crippen MR) is 74.9 cm³/mol. The summed E-state index contributed by atoms with van der Waals surface area (Å²) in [5.41, 5.74) is 6.41. The topological polar surface area (TPSA) is 78.9 Å². The molecule has 4 nitrogen and oxygen atoms in total. The summed E-state index contributed by atoms with van der Waals surface area (Å²) >= 11 is 3.30. The first-order chi connectivity index (χ1) is 8.25. The molecule has 0 saturated carbocycles. The Bertz CT molecular complexity index is 500. The number of carbonyl (C=O) groups excluding carboxylic acids is 1. The van der Waals surface area contributed by atoms with Gasteiger partial charge in [-0.1, -0.05) is 36.7 Å². The molecule has 1 aromatic carbocycles. The van der Waals surface area contributed by atoms with Crippen LogP contribution in [0.1, 0.15) is 26.3 Å². The van der Waals surface area contributed by atoms with E-state index in [1.165, 1.54) is 0 Å². The van der Waals surface area contributed by atoms with Crippen molar-refractivity contribution in [1.29, 1.82) is 5.26 Å². The second-order valence-corrected chi connectivity index (χ2v) is 6.05. The first-order valence-electron chi connectivity index (χ1n) is 5.52. The van der Waals surface area contributed by atoms with Gasteiger partial charge in [0.15, 0.2) is 0 Å². The van der Waals surface area contributed by atoms with Crippen LogP contribution in [-0.2, 0) is 4.79 Å². The number of hydrogen-bond donors (Lipinski definition) is 2. The first kappa shape index (κ1) is 14.7. The minimum Gasteiger partial charge on any atom is -0.323 e. The van der Waals surface area contributed by atoms with Crippen molar-refractivity contribution < 1.29 is 4.79 Å². The molecule has 0 fully saturated rings. The summed E-state index contributed by atoms with van der Waals surface area (Å²) < 4.78 is 0.793. The first-order valence-corrected chi connectivity index (χ1v) is 6.31. The molecular formula is C13H16BrN3O. The molecule has 1 atom stereocenters. The zero-order valence-corrected chi connectivity index (χ0v) is 12.2. The maximum atomic E-state index is 12.0. The monoisotopic (exact) mass is 309 g/mol. The zero-order valence-electron chi connectivity index (χ0n) is 10.6. The van der Waals surface area contributed by atoms with Crippen molar-refractivity contribution in [3.8, 4) is 6.07 Å². The van der Waals surface area contributed by atoms with Crippen LogP contribution >= 0.6 is 15.9 Å². The maximum absolute atomic E-state index is 12.0. The molecule has 0 unspecified atom stereocenters. The number of nitrogens with two attached hydrogens (primary N) is 1. The third kappa shape index (κ3) is 3.56. The van der Waals surface area contributed by atoms with E-state index in [1.54, 1.807) is 18.2 Å². The summed E-state index contributed by atoms with van der Waals surface area (Å²) in [6.07, 6.45) is 0. The molecule has 0 aromatic heterocycles. The molecule has 1 rings (SSSR count). The Morgan fingerprint density at radius 1 is 1.50 bits per heavy atom. The van der Waals surface area contributed by atoms with Crippen LogP contribution in [0, 0.1) is 16.7 Å². The lowest BCUT2D eigenvalue weighted by atomic mass is 9.87. The molecule has 5 heteroatoms. The number of nitrogens with zero attached hydrogens (tertiary/aromatic N) is 1. The molecular weight excluding hydrogens is 294 g/mol. The van der Waals surface area contributed by atoms with Crippen molar-refractivity contribution in [2.45, 2.75) is 26.8 Å². The number of rotatable bonds is 2. The van der Waals surface area contributed by atoms with Gasteiger partial charge in [0.25, 0.3) is 0 Å². The summed E-state index contributed by atoms with van der Waals surface area (Å²) in [7, 11) is 0. The van der Waals surface area contributed by atoms with E-state index in [1.807, 2.05) is 26.8 Å². The average molecular weight is 310 g/mol. The van der Waals surface area contributed by atoms with Gasteiger partial charge in [0, 0.05) is 4.47 Å². The molecule has 0 aliphatic heterocycles. The highest BCUT2D eigenvalue weighted by Gasteiger charge is 2.27. The van der Waals surface area contributed by atoms with E-state index < -0.39 is 6.04 Å². The fourth-order valence-corrected chi connectivity index (χ4v) is 1.68. The number of halogens is 1. The van der Waals surface area contributed by atoms with Crippen molar-refractivity contribution in [1.82, 2.24) is 0 Å². The molecule has 3 N–H and O–H groups in total. The Labute approximate surface area is 115 Å². The SMILES string of the molecule is CC(C)(C)[C@@H](N)C(=O)Nc1cc(Br)ccc1C#N. The number of amides is 1. The van der Waals surface area contributed by atoms with Crippen LogP contribution in [0.15, 0.2) is 22.7 Å². The van der Waals surface area contributed by atoms with E-state index in [4.69, 9.17) is 11.0 Å². The lowest BCUT2D eigenvalue weighted by Crippen LogP contribution is -2.45. The summed E-state index contributed by atoms with van der Waals surface area (Å²) in [6.45, 7) is 5.68. The van der Waals surface area contributed by atoms with Crippen LogP contribution in [0.4, 0.5) is 5.69 Å². The maximum Gasteiger partial charge on any atom is 0.241 e. The number of nitrogens with one attached hydrogen (secondary N) is 1. The fourth-order valence-electron chi connectivity index (χ4n) is 1.32. The summed E-state index contributed by atoms with van der Waals surface area (Å²) in [6, 6.07) is 6.47. The Morgan fingerprint density at radius 2 is 2.11 bits per heavy atom. The molecule has 0 bridgehead atoms. The molecule has 0 radical (unpaired) electrons. The van der Waals surface area contributed by atoms with E-state index in [0.717, 1.165) is 4.47 Å². The number of carbonyl (C=O) groups is 1. The van der Waals surface area contributed by atoms with E-state index in [2.05, 4.69) is 21.2 Å². The third-order valence-corrected chi connectivity index (χ3v) is 3.07. The number of benzene rings is 1. The van der Waals surface area contributed by atoms with Crippen molar-refractivity contribution in [2.24, 2.45) is 11.1 Å². The summed E-state index contributed by atoms with van der Waals surface area (Å²) in [5.74, 6) is -0.294. The molecule has 0 aliphatic rings. The van der Waals surface area contributed by atoms with Gasteiger partial charge in [0.05, 0.1) is 17.3 Å². The highest BCUT2D eigenvalue weighted by Crippen LogP contribution is 2.23. The van der Waals surface area contributed by atoms with E-state index in [-0.39, 0.29) is 11.3 Å². The number of hydrogen-bond acceptors (Lipinski definition) is 3. The predicted octanol–water partition coefficient (Wildman–Crippen LogP) is 2.63. The van der Waals surface area contributed by atoms with Crippen molar-refractivity contribution in [3.05, 3.63) is 28.2 Å². The van der Waals surface area contributed by atoms with Crippen LogP contribution < -0.4 is 11.1 Å². The summed E-state index contributed by atoms with van der Waals surface area (Å²) in [5, 5.41) is 11.7. The van der Waals surface area contributed by atoms with Gasteiger partial charge in [0.2, 0.25) is 5.91 Å². The number of nitriles is 1. The highest BCUT2D eigenvalue weighted by atomic mass is 79.9. The minimum absolute atomic E-state index is 0.294. The van der Waals surface area contributed by atoms with E-state index in [9.17, 15) is 4.79 Å². The lowest BCUT2D eigenvalue weighted by molar-refractivity contribution is -0.119. The molecule has 1 aromatic rings. The van der Waals surface area contributed by atoms with Gasteiger partial charge in [-0.15, -0.1) is 0 Å². The normalized spacial score (nSPS) is 12.7. The summed E-state index contributed by atoms with van der Waals surface area (Å²) in [4.78, 5) is 12.0. The Kier molecular flexibility index (Phi) is 4.49. The van der Waals surface area contributed by atoms with Gasteiger partial charge in [0.1, 0.15) is 6.07 Å². The lowest BCUT2D eigenvalue weighted by Gasteiger charge is -2.26. The average Bonchev–Trinajstić information content (AvgIpc) is 2.27.